The van der Waals surface area contributed by atoms with Gasteiger partial charge in [-0.25, -0.2) is 4.79 Å². The number of piperazine rings is 1. The molecule has 2 atom stereocenters. The molecule has 1 aromatic rings. The van der Waals surface area contributed by atoms with Gasteiger partial charge in [-0.05, 0) is 38.1 Å². The minimum Gasteiger partial charge on any atom is -0.473 e. The van der Waals surface area contributed by atoms with Crippen molar-refractivity contribution < 1.29 is 9.53 Å². The first-order chi connectivity index (χ1) is 9.10. The van der Waals surface area contributed by atoms with E-state index >= 15 is 0 Å². The molecule has 0 saturated carbocycles. The average molecular weight is 281 g/mol. The van der Waals surface area contributed by atoms with Crippen LogP contribution >= 0.6 is 11.6 Å². The molecular formula is C14H17ClN2O2. The zero-order valence-electron chi connectivity index (χ0n) is 11.0. The molecule has 102 valence electrons. The fraction of sp³-hybridized carbons (Fsp3) is 0.429. The van der Waals surface area contributed by atoms with E-state index in [0.29, 0.717) is 23.5 Å². The van der Waals surface area contributed by atoms with E-state index in [2.05, 4.69) is 12.2 Å². The molecule has 0 aromatic heterocycles. The minimum absolute atomic E-state index is 0.00457. The maximum Gasteiger partial charge on any atom is 0.161 e. The molecule has 1 saturated heterocycles. The fourth-order valence-corrected chi connectivity index (χ4v) is 2.35. The third-order valence-electron chi connectivity index (χ3n) is 3.08. The van der Waals surface area contributed by atoms with Crippen LogP contribution in [0.25, 0.3) is 0 Å². The lowest BCUT2D eigenvalue weighted by Crippen LogP contribution is -2.53. The number of nitrogens with one attached hydrogen (secondary N) is 1. The van der Waals surface area contributed by atoms with Crippen molar-refractivity contribution in [1.82, 2.24) is 10.2 Å². The van der Waals surface area contributed by atoms with Crippen LogP contribution in [0.1, 0.15) is 13.8 Å². The smallest absolute Gasteiger partial charge is 0.161 e. The number of benzene rings is 1. The number of carbonyl (C=O) groups excluding carboxylic acids is 1. The summed E-state index contributed by atoms with van der Waals surface area (Å²) in [5.41, 5.74) is 0.604. The van der Waals surface area contributed by atoms with Crippen molar-refractivity contribution in [1.29, 1.82) is 0 Å². The van der Waals surface area contributed by atoms with Crippen molar-refractivity contribution in [3.63, 3.8) is 0 Å². The largest absolute Gasteiger partial charge is 0.473 e. The van der Waals surface area contributed by atoms with Gasteiger partial charge in [0.05, 0.1) is 6.04 Å². The van der Waals surface area contributed by atoms with Crippen molar-refractivity contribution in [2.24, 2.45) is 0 Å². The van der Waals surface area contributed by atoms with Crippen LogP contribution in [0.4, 0.5) is 0 Å². The summed E-state index contributed by atoms with van der Waals surface area (Å²) in [6.07, 6.45) is 0. The molecule has 1 heterocycles. The Bertz CT molecular complexity index is 483. The minimum atomic E-state index is -0.00457. The van der Waals surface area contributed by atoms with E-state index in [4.69, 9.17) is 16.3 Å². The summed E-state index contributed by atoms with van der Waals surface area (Å²) in [4.78, 5) is 12.9. The van der Waals surface area contributed by atoms with Gasteiger partial charge in [0.25, 0.3) is 0 Å². The van der Waals surface area contributed by atoms with Crippen LogP contribution in [0.15, 0.2) is 30.0 Å². The summed E-state index contributed by atoms with van der Waals surface area (Å²) in [6.45, 7) is 5.09. The van der Waals surface area contributed by atoms with Crippen molar-refractivity contribution in [3.05, 3.63) is 35.0 Å². The highest BCUT2D eigenvalue weighted by atomic mass is 35.5. The first kappa shape index (κ1) is 13.9. The van der Waals surface area contributed by atoms with E-state index in [1.807, 2.05) is 29.9 Å². The predicted octanol–water partition coefficient (Wildman–Crippen LogP) is 2.07. The van der Waals surface area contributed by atoms with Crippen molar-refractivity contribution in [2.45, 2.75) is 25.9 Å². The average Bonchev–Trinajstić information content (AvgIpc) is 2.37. The third-order valence-corrected chi connectivity index (χ3v) is 3.34. The van der Waals surface area contributed by atoms with Gasteiger partial charge in [0.1, 0.15) is 17.4 Å². The van der Waals surface area contributed by atoms with Crippen molar-refractivity contribution in [2.75, 3.05) is 13.3 Å². The Hall–Kier alpha value is -1.48. The zero-order chi connectivity index (χ0) is 13.8. The molecule has 0 aliphatic carbocycles. The van der Waals surface area contributed by atoms with Gasteiger partial charge >= 0.3 is 0 Å². The first-order valence-corrected chi connectivity index (χ1v) is 6.62. The Labute approximate surface area is 118 Å². The highest BCUT2D eigenvalue weighted by Gasteiger charge is 2.26. The Kier molecular flexibility index (Phi) is 4.48. The topological polar surface area (TPSA) is 41.6 Å². The van der Waals surface area contributed by atoms with E-state index < -0.39 is 0 Å². The molecule has 0 amide bonds. The standard InChI is InChI=1S/C14H17ClN2O2/c1-10-7-17(14(8-18)11(2)16-10)9-19-13-5-3-12(15)4-6-13/h3-6,10-11,16H,7,9H2,1-2H3/t10-,11-/m1/s1. The van der Waals surface area contributed by atoms with Crippen LogP contribution in [0.5, 0.6) is 5.75 Å². The number of hydrogen-bond donors (Lipinski definition) is 1. The normalized spacial score (nSPS) is 23.1. The molecule has 2 rings (SSSR count). The van der Waals surface area contributed by atoms with Crippen molar-refractivity contribution in [3.8, 4) is 5.75 Å². The molecule has 5 heteroatoms. The van der Waals surface area contributed by atoms with E-state index in [9.17, 15) is 4.79 Å². The molecule has 1 N–H and O–H groups in total. The van der Waals surface area contributed by atoms with Crippen LogP contribution < -0.4 is 10.1 Å². The molecule has 0 spiro atoms. The summed E-state index contributed by atoms with van der Waals surface area (Å²) in [5.74, 6) is 2.73. The second-order valence-corrected chi connectivity index (χ2v) is 5.16. The maximum atomic E-state index is 11.0. The molecule has 1 aromatic carbocycles. The lowest BCUT2D eigenvalue weighted by atomic mass is 10.1. The number of nitrogens with zero attached hydrogens (tertiary/aromatic N) is 1. The SMILES string of the molecule is C[C@@H]1CN(COc2ccc(Cl)cc2)C(=C=O)[C@@H](C)N1. The van der Waals surface area contributed by atoms with Crippen LogP contribution in [0, 0.1) is 0 Å². The molecule has 1 fully saturated rings. The molecule has 1 aliphatic heterocycles. The quantitative estimate of drug-likeness (QED) is 0.861. The highest BCUT2D eigenvalue weighted by molar-refractivity contribution is 6.30. The van der Waals surface area contributed by atoms with Crippen LogP contribution in [0.3, 0.4) is 0 Å². The van der Waals surface area contributed by atoms with Gasteiger partial charge in [-0.3, -0.25) is 0 Å². The van der Waals surface area contributed by atoms with Gasteiger partial charge in [0.15, 0.2) is 6.73 Å². The second-order valence-electron chi connectivity index (χ2n) is 4.73. The Balaban J connectivity index is 2.00. The summed E-state index contributed by atoms with van der Waals surface area (Å²) in [5, 5.41) is 3.97. The van der Waals surface area contributed by atoms with Gasteiger partial charge in [-0.2, -0.15) is 0 Å². The number of hydrogen-bond acceptors (Lipinski definition) is 4. The monoisotopic (exact) mass is 280 g/mol. The van der Waals surface area contributed by atoms with Crippen LogP contribution in [-0.2, 0) is 4.79 Å². The van der Waals surface area contributed by atoms with E-state index in [0.717, 1.165) is 12.3 Å². The summed E-state index contributed by atoms with van der Waals surface area (Å²) in [7, 11) is 0. The van der Waals surface area contributed by atoms with Gasteiger partial charge < -0.3 is 15.0 Å². The molecule has 0 radical (unpaired) electrons. The van der Waals surface area contributed by atoms with E-state index in [1.165, 1.54) is 0 Å². The second kappa shape index (κ2) is 6.11. The Morgan fingerprint density at radius 3 is 2.74 bits per heavy atom. The molecule has 19 heavy (non-hydrogen) atoms. The number of rotatable bonds is 3. The van der Waals surface area contributed by atoms with Gasteiger partial charge in [0, 0.05) is 17.6 Å². The van der Waals surface area contributed by atoms with Gasteiger partial charge in [-0.15, -0.1) is 0 Å². The van der Waals surface area contributed by atoms with Crippen molar-refractivity contribution >= 4 is 17.5 Å². The van der Waals surface area contributed by atoms with E-state index in [1.54, 1.807) is 12.1 Å². The number of ether oxygens (including phenoxy) is 1. The molecule has 0 bridgehead atoms. The molecule has 4 nitrogen and oxygen atoms in total. The third kappa shape index (κ3) is 3.51. The highest BCUT2D eigenvalue weighted by Crippen LogP contribution is 2.18. The Morgan fingerprint density at radius 2 is 2.11 bits per heavy atom. The van der Waals surface area contributed by atoms with E-state index in [-0.39, 0.29) is 6.04 Å². The number of halogens is 1. The first-order valence-electron chi connectivity index (χ1n) is 6.24. The Morgan fingerprint density at radius 1 is 1.42 bits per heavy atom. The fourth-order valence-electron chi connectivity index (χ4n) is 2.22. The van der Waals surface area contributed by atoms with Gasteiger partial charge in [0.2, 0.25) is 0 Å². The predicted molar refractivity (Wildman–Crippen MR) is 74.9 cm³/mol. The zero-order valence-corrected chi connectivity index (χ0v) is 11.8. The maximum absolute atomic E-state index is 11.0. The molecular weight excluding hydrogens is 264 g/mol. The van der Waals surface area contributed by atoms with Gasteiger partial charge in [-0.1, -0.05) is 11.6 Å². The molecule has 1 aliphatic rings. The molecule has 0 unspecified atom stereocenters. The summed E-state index contributed by atoms with van der Waals surface area (Å²) >= 11 is 5.81. The summed E-state index contributed by atoms with van der Waals surface area (Å²) < 4.78 is 5.67. The van der Waals surface area contributed by atoms with Crippen LogP contribution in [-0.4, -0.2) is 36.2 Å². The summed E-state index contributed by atoms with van der Waals surface area (Å²) in [6, 6.07) is 7.46. The van der Waals surface area contributed by atoms with Crippen LogP contribution in [0.2, 0.25) is 5.02 Å². The lowest BCUT2D eigenvalue weighted by Gasteiger charge is -2.37. The lowest BCUT2D eigenvalue weighted by molar-refractivity contribution is 0.121.